The topological polar surface area (TPSA) is 80.9 Å². The summed E-state index contributed by atoms with van der Waals surface area (Å²) < 4.78 is 2.28. The highest BCUT2D eigenvalue weighted by Gasteiger charge is 2.50. The van der Waals surface area contributed by atoms with Crippen LogP contribution < -0.4 is 4.90 Å². The summed E-state index contributed by atoms with van der Waals surface area (Å²) in [5, 5.41) is 24.7. The molecule has 2 N–H and O–H groups in total. The monoisotopic (exact) mass is 771 g/mol. The molecule has 0 radical (unpaired) electrons. The van der Waals surface area contributed by atoms with E-state index in [0.29, 0.717) is 25.9 Å². The van der Waals surface area contributed by atoms with Gasteiger partial charge in [0.05, 0.1) is 17.2 Å². The highest BCUT2D eigenvalue weighted by atomic mass is 16.4. The minimum atomic E-state index is -0.853. The van der Waals surface area contributed by atoms with E-state index in [4.69, 9.17) is 0 Å². The standard InChI is InChI=1S/C52H54N2O4/c1-5-8-9-17-33-51(4)45(54(35-30-48(57)58)50-42-24-16-14-22-40(42)39-21-13-15-23-41(39)49(50)51)25-18-26-46-52(31-6-2,32-7-3)43-36-38(37-19-11-10-12-20-37)27-28-44(43)53(46)34-29-47(55)56/h6-7,10-16,18-28,36H,2-3,5,8-9,17,29-35H2,1,4H3,(H-,55,56,57,58)/p+1. The maximum absolute atomic E-state index is 12.3. The van der Waals surface area contributed by atoms with Gasteiger partial charge in [0.25, 0.3) is 0 Å². The van der Waals surface area contributed by atoms with Gasteiger partial charge in [-0.15, -0.1) is 13.2 Å². The van der Waals surface area contributed by atoms with E-state index in [1.54, 1.807) is 0 Å². The second-order valence-electron chi connectivity index (χ2n) is 16.0. The number of rotatable bonds is 18. The minimum Gasteiger partial charge on any atom is -0.481 e. The molecule has 7 rings (SSSR count). The van der Waals surface area contributed by atoms with E-state index in [1.807, 2.05) is 30.4 Å². The van der Waals surface area contributed by atoms with Crippen LogP contribution in [0.15, 0.2) is 146 Å². The average molecular weight is 772 g/mol. The molecule has 0 spiro atoms. The fourth-order valence-corrected chi connectivity index (χ4v) is 9.80. The molecule has 2 heterocycles. The van der Waals surface area contributed by atoms with Crippen molar-refractivity contribution in [3.8, 4) is 11.1 Å². The van der Waals surface area contributed by atoms with Crippen molar-refractivity contribution in [3.05, 3.63) is 157 Å². The van der Waals surface area contributed by atoms with Crippen LogP contribution in [0.4, 0.5) is 11.4 Å². The number of nitrogens with zero attached hydrogens (tertiary/aromatic N) is 2. The van der Waals surface area contributed by atoms with Gasteiger partial charge < -0.3 is 15.1 Å². The number of hydrogen-bond donors (Lipinski definition) is 2. The molecule has 58 heavy (non-hydrogen) atoms. The van der Waals surface area contributed by atoms with Crippen LogP contribution in [0.5, 0.6) is 0 Å². The molecule has 0 saturated carbocycles. The Morgan fingerprint density at radius 3 is 2.05 bits per heavy atom. The Bertz CT molecular complexity index is 2460. The summed E-state index contributed by atoms with van der Waals surface area (Å²) in [6, 6.07) is 34.0. The summed E-state index contributed by atoms with van der Waals surface area (Å²) in [6.07, 6.45) is 17.0. The molecule has 1 atom stereocenters. The Kier molecular flexibility index (Phi) is 11.9. The molecule has 296 valence electrons. The lowest BCUT2D eigenvalue weighted by Gasteiger charge is -2.32. The van der Waals surface area contributed by atoms with Crippen molar-refractivity contribution in [1.82, 2.24) is 0 Å². The first-order valence-corrected chi connectivity index (χ1v) is 20.8. The molecule has 5 aromatic carbocycles. The molecular weight excluding hydrogens is 717 g/mol. The smallest absolute Gasteiger partial charge is 0.309 e. The van der Waals surface area contributed by atoms with Gasteiger partial charge in [-0.1, -0.05) is 130 Å². The lowest BCUT2D eigenvalue weighted by Crippen LogP contribution is -2.32. The second kappa shape index (κ2) is 17.2. The third-order valence-corrected chi connectivity index (χ3v) is 12.4. The number of allylic oxidation sites excluding steroid dienone is 6. The molecule has 0 aromatic heterocycles. The van der Waals surface area contributed by atoms with Gasteiger partial charge in [0, 0.05) is 35.0 Å². The van der Waals surface area contributed by atoms with Crippen molar-refractivity contribution in [2.45, 2.75) is 82.5 Å². The Balaban J connectivity index is 1.45. The van der Waals surface area contributed by atoms with Crippen LogP contribution in [0.3, 0.4) is 0 Å². The lowest BCUT2D eigenvalue weighted by molar-refractivity contribution is -0.435. The van der Waals surface area contributed by atoms with E-state index in [2.05, 4.69) is 134 Å². The zero-order valence-electron chi connectivity index (χ0n) is 33.9. The normalized spacial score (nSPS) is 17.7. The number of unbranched alkanes of at least 4 members (excludes halogenated alkanes) is 3. The number of carboxylic acid groups (broad SMARTS) is 2. The Labute approximate surface area is 342 Å². The zero-order chi connectivity index (χ0) is 40.9. The van der Waals surface area contributed by atoms with Gasteiger partial charge in [0.15, 0.2) is 12.3 Å². The molecular formula is C52H55N2O4+. The van der Waals surface area contributed by atoms with Crippen LogP contribution in [0.25, 0.3) is 32.7 Å². The van der Waals surface area contributed by atoms with E-state index < -0.39 is 22.8 Å². The Hall–Kier alpha value is -6.01. The van der Waals surface area contributed by atoms with Gasteiger partial charge in [-0.05, 0) is 83.3 Å². The molecule has 0 aliphatic carbocycles. The summed E-state index contributed by atoms with van der Waals surface area (Å²) in [5.41, 5.74) is 7.82. The molecule has 6 nitrogen and oxygen atoms in total. The third kappa shape index (κ3) is 7.32. The van der Waals surface area contributed by atoms with Gasteiger partial charge in [0.2, 0.25) is 5.69 Å². The van der Waals surface area contributed by atoms with Crippen LogP contribution in [0, 0.1) is 0 Å². The van der Waals surface area contributed by atoms with Crippen LogP contribution >= 0.6 is 0 Å². The highest BCUT2D eigenvalue weighted by molar-refractivity contribution is 6.19. The molecule has 0 bridgehead atoms. The van der Waals surface area contributed by atoms with Crippen molar-refractivity contribution in [3.63, 3.8) is 0 Å². The fourth-order valence-electron chi connectivity index (χ4n) is 9.80. The van der Waals surface area contributed by atoms with Crippen molar-refractivity contribution in [2.75, 3.05) is 18.0 Å². The van der Waals surface area contributed by atoms with E-state index in [9.17, 15) is 19.8 Å². The van der Waals surface area contributed by atoms with Gasteiger partial charge >= 0.3 is 11.9 Å². The molecule has 2 aliphatic heterocycles. The first kappa shape index (κ1) is 40.2. The highest BCUT2D eigenvalue weighted by Crippen LogP contribution is 2.54. The number of anilines is 1. The first-order valence-electron chi connectivity index (χ1n) is 20.8. The average Bonchev–Trinajstić information content (AvgIpc) is 3.63. The minimum absolute atomic E-state index is 0.00522. The van der Waals surface area contributed by atoms with Crippen molar-refractivity contribution in [2.24, 2.45) is 0 Å². The van der Waals surface area contributed by atoms with Crippen molar-refractivity contribution < 1.29 is 24.4 Å². The number of benzene rings is 5. The molecule has 1 unspecified atom stereocenters. The molecule has 0 amide bonds. The number of aliphatic carboxylic acids is 2. The SMILES string of the molecule is C=CCC1(CC=C)/C(=C\C=C\C2=[N+](CCC(=O)O)c3c(c4ccccc4c4ccccc34)C2(C)CCCCCC)N(CCC(=O)O)c2ccc(-c3ccccc3)cc21. The molecule has 0 saturated heterocycles. The summed E-state index contributed by atoms with van der Waals surface area (Å²) >= 11 is 0. The van der Waals surface area contributed by atoms with Crippen LogP contribution in [-0.2, 0) is 20.4 Å². The summed E-state index contributed by atoms with van der Waals surface area (Å²) in [6.45, 7) is 13.6. The Morgan fingerprint density at radius 1 is 0.759 bits per heavy atom. The summed E-state index contributed by atoms with van der Waals surface area (Å²) in [4.78, 5) is 26.6. The predicted octanol–water partition coefficient (Wildman–Crippen LogP) is 12.3. The van der Waals surface area contributed by atoms with Gasteiger partial charge in [-0.25, -0.2) is 0 Å². The second-order valence-corrected chi connectivity index (χ2v) is 16.0. The van der Waals surface area contributed by atoms with Crippen LogP contribution in [0.1, 0.15) is 82.8 Å². The maximum Gasteiger partial charge on any atom is 0.309 e. The number of carboxylic acids is 2. The first-order chi connectivity index (χ1) is 28.2. The van der Waals surface area contributed by atoms with E-state index in [1.165, 1.54) is 16.3 Å². The number of fused-ring (bicyclic) bond motifs is 7. The summed E-state index contributed by atoms with van der Waals surface area (Å²) in [5.74, 6) is -1.69. The van der Waals surface area contributed by atoms with E-state index >= 15 is 0 Å². The van der Waals surface area contributed by atoms with Crippen molar-refractivity contribution in [1.29, 1.82) is 0 Å². The van der Waals surface area contributed by atoms with Crippen molar-refractivity contribution >= 4 is 50.6 Å². The zero-order valence-corrected chi connectivity index (χ0v) is 33.9. The van der Waals surface area contributed by atoms with Crippen LogP contribution in [0.2, 0.25) is 0 Å². The van der Waals surface area contributed by atoms with Gasteiger partial charge in [0.1, 0.15) is 6.42 Å². The molecule has 2 aliphatic rings. The molecule has 0 fully saturated rings. The largest absolute Gasteiger partial charge is 0.481 e. The fraction of sp³-hybridized carbons (Fsp3) is 0.288. The lowest BCUT2D eigenvalue weighted by atomic mass is 9.72. The summed E-state index contributed by atoms with van der Waals surface area (Å²) in [7, 11) is 0. The Morgan fingerprint density at radius 2 is 1.40 bits per heavy atom. The molecule has 5 aromatic rings. The predicted molar refractivity (Wildman–Crippen MR) is 240 cm³/mol. The molecule has 6 heteroatoms. The number of hydrogen-bond acceptors (Lipinski definition) is 3. The maximum atomic E-state index is 12.3. The third-order valence-electron chi connectivity index (χ3n) is 12.4. The van der Waals surface area contributed by atoms with E-state index in [-0.39, 0.29) is 12.8 Å². The van der Waals surface area contributed by atoms with Gasteiger partial charge in [-0.2, -0.15) is 4.58 Å². The quantitative estimate of drug-likeness (QED) is 0.0401. The number of carbonyl (C=O) groups is 2. The van der Waals surface area contributed by atoms with Gasteiger partial charge in [-0.3, -0.25) is 9.59 Å². The van der Waals surface area contributed by atoms with E-state index in [0.717, 1.165) is 82.4 Å². The van der Waals surface area contributed by atoms with Crippen LogP contribution in [-0.4, -0.2) is 45.5 Å².